The van der Waals surface area contributed by atoms with Gasteiger partial charge in [0.25, 0.3) is 0 Å². The summed E-state index contributed by atoms with van der Waals surface area (Å²) in [5.74, 6) is 0.843. The summed E-state index contributed by atoms with van der Waals surface area (Å²) in [4.78, 5) is 0. The van der Waals surface area contributed by atoms with E-state index in [1.54, 1.807) is 7.11 Å². The molecule has 0 spiro atoms. The molecule has 0 radical (unpaired) electrons. The summed E-state index contributed by atoms with van der Waals surface area (Å²) in [5, 5.41) is 21.2. The van der Waals surface area contributed by atoms with Gasteiger partial charge in [-0.25, -0.2) is 0 Å². The zero-order valence-electron chi connectivity index (χ0n) is 11.3. The summed E-state index contributed by atoms with van der Waals surface area (Å²) in [6.07, 6.45) is -0.703. The Kier molecular flexibility index (Phi) is 5.59. The van der Waals surface area contributed by atoms with Gasteiger partial charge in [-0.1, -0.05) is 26.0 Å². The molecule has 1 aromatic carbocycles. The Labute approximate surface area is 109 Å². The van der Waals surface area contributed by atoms with Crippen LogP contribution in [-0.2, 0) is 5.41 Å². The molecule has 0 amide bonds. The SMILES string of the molecule is COc1cccc(C(C)(C)CNCC(O)CO)c1. The molecule has 0 heterocycles. The maximum absolute atomic E-state index is 9.28. The minimum atomic E-state index is -0.703. The van der Waals surface area contributed by atoms with Crippen molar-refractivity contribution in [3.63, 3.8) is 0 Å². The quantitative estimate of drug-likeness (QED) is 0.676. The normalized spacial score (nSPS) is 13.4. The van der Waals surface area contributed by atoms with Gasteiger partial charge in [0.2, 0.25) is 0 Å². The number of hydrogen-bond acceptors (Lipinski definition) is 4. The van der Waals surface area contributed by atoms with E-state index >= 15 is 0 Å². The van der Waals surface area contributed by atoms with E-state index in [1.165, 1.54) is 5.56 Å². The van der Waals surface area contributed by atoms with Crippen LogP contribution in [0, 0.1) is 0 Å². The number of hydrogen-bond donors (Lipinski definition) is 3. The minimum absolute atomic E-state index is 0.0658. The van der Waals surface area contributed by atoms with Gasteiger partial charge in [-0.05, 0) is 17.7 Å². The first kappa shape index (κ1) is 15.0. The third kappa shape index (κ3) is 4.29. The summed E-state index contributed by atoms with van der Waals surface area (Å²) < 4.78 is 5.22. The van der Waals surface area contributed by atoms with Gasteiger partial charge in [-0.3, -0.25) is 0 Å². The largest absolute Gasteiger partial charge is 0.497 e. The Bertz CT molecular complexity index is 366. The van der Waals surface area contributed by atoms with Crippen molar-refractivity contribution in [3.8, 4) is 5.75 Å². The Balaban J connectivity index is 2.61. The molecule has 0 aliphatic carbocycles. The fourth-order valence-corrected chi connectivity index (χ4v) is 1.76. The van der Waals surface area contributed by atoms with Crippen LogP contribution in [0.2, 0.25) is 0 Å². The van der Waals surface area contributed by atoms with Crippen LogP contribution in [-0.4, -0.2) is 43.1 Å². The molecule has 102 valence electrons. The molecule has 4 heteroatoms. The molecule has 0 saturated heterocycles. The van der Waals surface area contributed by atoms with Gasteiger partial charge < -0.3 is 20.3 Å². The number of rotatable bonds is 7. The Morgan fingerprint density at radius 2 is 2.11 bits per heavy atom. The fraction of sp³-hybridized carbons (Fsp3) is 0.571. The van der Waals surface area contributed by atoms with Crippen LogP contribution in [0.25, 0.3) is 0 Å². The minimum Gasteiger partial charge on any atom is -0.497 e. The van der Waals surface area contributed by atoms with Gasteiger partial charge in [0, 0.05) is 18.5 Å². The Morgan fingerprint density at radius 1 is 1.39 bits per heavy atom. The van der Waals surface area contributed by atoms with E-state index in [-0.39, 0.29) is 12.0 Å². The number of ether oxygens (including phenoxy) is 1. The van der Waals surface area contributed by atoms with Crippen molar-refractivity contribution < 1.29 is 14.9 Å². The van der Waals surface area contributed by atoms with Gasteiger partial charge in [0.1, 0.15) is 5.75 Å². The van der Waals surface area contributed by atoms with E-state index in [1.807, 2.05) is 18.2 Å². The van der Waals surface area contributed by atoms with E-state index in [0.29, 0.717) is 6.54 Å². The molecule has 0 aliphatic rings. The van der Waals surface area contributed by atoms with Crippen molar-refractivity contribution in [3.05, 3.63) is 29.8 Å². The third-order valence-corrected chi connectivity index (χ3v) is 3.01. The summed E-state index contributed by atoms with van der Waals surface area (Å²) in [5.41, 5.74) is 1.11. The number of methoxy groups -OCH3 is 1. The topological polar surface area (TPSA) is 61.7 Å². The first-order valence-electron chi connectivity index (χ1n) is 6.14. The predicted octanol–water partition coefficient (Wildman–Crippen LogP) is 0.916. The zero-order chi connectivity index (χ0) is 13.6. The molecule has 1 unspecified atom stereocenters. The fourth-order valence-electron chi connectivity index (χ4n) is 1.76. The molecule has 0 saturated carbocycles. The highest BCUT2D eigenvalue weighted by Gasteiger charge is 2.20. The molecule has 1 rings (SSSR count). The Hall–Kier alpha value is -1.10. The average molecular weight is 253 g/mol. The van der Waals surface area contributed by atoms with Crippen molar-refractivity contribution in [2.75, 3.05) is 26.8 Å². The summed E-state index contributed by atoms with van der Waals surface area (Å²) in [6, 6.07) is 7.97. The van der Waals surface area contributed by atoms with Crippen molar-refractivity contribution in [2.45, 2.75) is 25.4 Å². The van der Waals surface area contributed by atoms with Crippen LogP contribution >= 0.6 is 0 Å². The van der Waals surface area contributed by atoms with Crippen LogP contribution < -0.4 is 10.1 Å². The monoisotopic (exact) mass is 253 g/mol. The molecule has 1 aromatic rings. The van der Waals surface area contributed by atoms with Crippen LogP contribution in [0.1, 0.15) is 19.4 Å². The lowest BCUT2D eigenvalue weighted by Crippen LogP contribution is -2.38. The van der Waals surface area contributed by atoms with Crippen LogP contribution in [0.15, 0.2) is 24.3 Å². The molecule has 0 fully saturated rings. The van der Waals surface area contributed by atoms with E-state index in [4.69, 9.17) is 9.84 Å². The van der Waals surface area contributed by atoms with Gasteiger partial charge in [0.05, 0.1) is 19.8 Å². The number of benzene rings is 1. The van der Waals surface area contributed by atoms with Crippen molar-refractivity contribution >= 4 is 0 Å². The summed E-state index contributed by atoms with van der Waals surface area (Å²) >= 11 is 0. The lowest BCUT2D eigenvalue weighted by atomic mass is 9.84. The molecule has 0 bridgehead atoms. The lowest BCUT2D eigenvalue weighted by Gasteiger charge is -2.26. The molecule has 0 aliphatic heterocycles. The van der Waals surface area contributed by atoms with Crippen molar-refractivity contribution in [1.29, 1.82) is 0 Å². The zero-order valence-corrected chi connectivity index (χ0v) is 11.3. The molecule has 1 atom stereocenters. The maximum Gasteiger partial charge on any atom is 0.119 e. The Morgan fingerprint density at radius 3 is 2.72 bits per heavy atom. The maximum atomic E-state index is 9.28. The molecule has 18 heavy (non-hydrogen) atoms. The highest BCUT2D eigenvalue weighted by Crippen LogP contribution is 2.25. The predicted molar refractivity (Wildman–Crippen MR) is 72.0 cm³/mol. The highest BCUT2D eigenvalue weighted by atomic mass is 16.5. The van der Waals surface area contributed by atoms with Crippen LogP contribution in [0.4, 0.5) is 0 Å². The smallest absolute Gasteiger partial charge is 0.119 e. The molecular weight excluding hydrogens is 230 g/mol. The van der Waals surface area contributed by atoms with E-state index in [0.717, 1.165) is 12.3 Å². The molecule has 4 nitrogen and oxygen atoms in total. The summed E-state index contributed by atoms with van der Waals surface area (Å²) in [6.45, 7) is 5.15. The number of nitrogens with one attached hydrogen (secondary N) is 1. The second kappa shape index (κ2) is 6.73. The standard InChI is InChI=1S/C14H23NO3/c1-14(2,10-15-8-12(17)9-16)11-5-4-6-13(7-11)18-3/h4-7,12,15-17H,8-10H2,1-3H3. The van der Waals surface area contributed by atoms with Crippen molar-refractivity contribution in [1.82, 2.24) is 5.32 Å². The van der Waals surface area contributed by atoms with Gasteiger partial charge >= 0.3 is 0 Å². The molecular formula is C14H23NO3. The second-order valence-corrected chi connectivity index (χ2v) is 5.08. The lowest BCUT2D eigenvalue weighted by molar-refractivity contribution is 0.0934. The molecule has 0 aromatic heterocycles. The average Bonchev–Trinajstić information content (AvgIpc) is 2.38. The number of aliphatic hydroxyl groups is 2. The van der Waals surface area contributed by atoms with E-state index < -0.39 is 6.10 Å². The van der Waals surface area contributed by atoms with Crippen LogP contribution in [0.3, 0.4) is 0 Å². The van der Waals surface area contributed by atoms with E-state index in [9.17, 15) is 5.11 Å². The third-order valence-electron chi connectivity index (χ3n) is 3.01. The van der Waals surface area contributed by atoms with Gasteiger partial charge in [-0.2, -0.15) is 0 Å². The summed E-state index contributed by atoms with van der Waals surface area (Å²) in [7, 11) is 1.65. The first-order chi connectivity index (χ1) is 8.49. The van der Waals surface area contributed by atoms with Gasteiger partial charge in [-0.15, -0.1) is 0 Å². The van der Waals surface area contributed by atoms with Gasteiger partial charge in [0.15, 0.2) is 0 Å². The second-order valence-electron chi connectivity index (χ2n) is 5.08. The van der Waals surface area contributed by atoms with Crippen LogP contribution in [0.5, 0.6) is 5.75 Å². The highest BCUT2D eigenvalue weighted by molar-refractivity contribution is 5.33. The van der Waals surface area contributed by atoms with Crippen molar-refractivity contribution in [2.24, 2.45) is 0 Å². The van der Waals surface area contributed by atoms with E-state index in [2.05, 4.69) is 25.2 Å². The molecule has 3 N–H and O–H groups in total. The first-order valence-corrected chi connectivity index (χ1v) is 6.14. The number of aliphatic hydroxyl groups excluding tert-OH is 2.